The van der Waals surface area contributed by atoms with Gasteiger partial charge in [0.05, 0.1) is 17.4 Å². The van der Waals surface area contributed by atoms with Gasteiger partial charge < -0.3 is 9.67 Å². The monoisotopic (exact) mass is 238 g/mol. The van der Waals surface area contributed by atoms with Crippen LogP contribution in [0.2, 0.25) is 0 Å². The second-order valence-corrected chi connectivity index (χ2v) is 3.39. The Bertz CT molecular complexity index is 605. The fraction of sp³-hybridized carbons (Fsp3) is 0.0909. The normalized spacial score (nSPS) is 11.4. The molecule has 0 spiro atoms. The summed E-state index contributed by atoms with van der Waals surface area (Å²) in [5, 5.41) is 8.41. The molecule has 1 aromatic heterocycles. The molecule has 0 fully saturated rings. The first-order valence-corrected chi connectivity index (χ1v) is 4.77. The third-order valence-electron chi connectivity index (χ3n) is 2.23. The van der Waals surface area contributed by atoms with E-state index in [-0.39, 0.29) is 6.54 Å². The summed E-state index contributed by atoms with van der Waals surface area (Å²) in [7, 11) is 0. The molecule has 6 heteroatoms. The minimum absolute atomic E-state index is 0.230. The Kier molecular flexibility index (Phi) is 2.86. The van der Waals surface area contributed by atoms with Crippen molar-refractivity contribution >= 4 is 17.0 Å². The lowest BCUT2D eigenvalue weighted by Gasteiger charge is -1.99. The molecule has 0 unspecified atom stereocenters. The maximum atomic E-state index is 13.0. The number of rotatable bonds is 3. The van der Waals surface area contributed by atoms with Crippen molar-refractivity contribution in [2.24, 2.45) is 0 Å². The number of nitrogens with zero attached hydrogens (tertiary/aromatic N) is 2. The summed E-state index contributed by atoms with van der Waals surface area (Å²) < 4.78 is 27.5. The van der Waals surface area contributed by atoms with Gasteiger partial charge in [-0.15, -0.1) is 0 Å². The van der Waals surface area contributed by atoms with E-state index in [0.717, 1.165) is 18.2 Å². The fourth-order valence-corrected chi connectivity index (χ4v) is 1.47. The van der Waals surface area contributed by atoms with Crippen molar-refractivity contribution in [2.75, 3.05) is 0 Å². The summed E-state index contributed by atoms with van der Waals surface area (Å²) in [4.78, 5) is 14.2. The van der Waals surface area contributed by atoms with Gasteiger partial charge >= 0.3 is 5.97 Å². The molecule has 1 N–H and O–H groups in total. The maximum absolute atomic E-state index is 13.0. The molecule has 0 saturated carbocycles. The first-order chi connectivity index (χ1) is 8.08. The Balaban J connectivity index is 2.36. The molecule has 2 aromatic rings. The molecule has 0 atom stereocenters. The van der Waals surface area contributed by atoms with Gasteiger partial charge in [-0.05, 0) is 0 Å². The zero-order valence-electron chi connectivity index (χ0n) is 8.60. The number of carboxylic acids is 1. The Morgan fingerprint density at radius 1 is 1.41 bits per heavy atom. The van der Waals surface area contributed by atoms with Crippen LogP contribution in [0.15, 0.2) is 30.6 Å². The third-order valence-corrected chi connectivity index (χ3v) is 2.23. The number of hydrogen-bond acceptors (Lipinski definition) is 2. The Morgan fingerprint density at radius 2 is 2.12 bits per heavy atom. The average Bonchev–Trinajstić information content (AvgIpc) is 2.62. The molecule has 0 amide bonds. The molecule has 1 aromatic carbocycles. The van der Waals surface area contributed by atoms with Crippen LogP contribution in [-0.4, -0.2) is 20.6 Å². The van der Waals surface area contributed by atoms with E-state index >= 15 is 0 Å². The van der Waals surface area contributed by atoms with E-state index in [0.29, 0.717) is 11.0 Å². The molecule has 88 valence electrons. The van der Waals surface area contributed by atoms with E-state index in [1.165, 1.54) is 17.0 Å². The highest BCUT2D eigenvalue weighted by atomic mass is 19.2. The van der Waals surface area contributed by atoms with E-state index in [4.69, 9.17) is 5.11 Å². The number of imidazole rings is 1. The molecule has 0 radical (unpaired) electrons. The lowest BCUT2D eigenvalue weighted by Crippen LogP contribution is -1.95. The summed E-state index contributed by atoms with van der Waals surface area (Å²) in [6.45, 7) is 0.230. The number of hydrogen-bond donors (Lipinski definition) is 1. The molecule has 2 rings (SSSR count). The van der Waals surface area contributed by atoms with Gasteiger partial charge in [0.15, 0.2) is 11.6 Å². The van der Waals surface area contributed by atoms with Crippen LogP contribution in [0.25, 0.3) is 11.0 Å². The molecule has 4 nitrogen and oxygen atoms in total. The van der Waals surface area contributed by atoms with E-state index in [9.17, 15) is 13.6 Å². The van der Waals surface area contributed by atoms with Crippen LogP contribution >= 0.6 is 0 Å². The van der Waals surface area contributed by atoms with Crippen LogP contribution in [0.3, 0.4) is 0 Å². The summed E-state index contributed by atoms with van der Waals surface area (Å²) in [5.74, 6) is -2.98. The van der Waals surface area contributed by atoms with Crippen molar-refractivity contribution in [3.63, 3.8) is 0 Å². The van der Waals surface area contributed by atoms with Gasteiger partial charge in [-0.25, -0.2) is 18.6 Å². The Hall–Kier alpha value is -2.24. The van der Waals surface area contributed by atoms with Crippen LogP contribution in [0.4, 0.5) is 8.78 Å². The predicted octanol–water partition coefficient (Wildman–Crippen LogP) is 1.96. The first-order valence-electron chi connectivity index (χ1n) is 4.77. The lowest BCUT2D eigenvalue weighted by molar-refractivity contribution is -0.131. The van der Waals surface area contributed by atoms with Crippen LogP contribution in [-0.2, 0) is 11.3 Å². The van der Waals surface area contributed by atoms with Gasteiger partial charge in [0.1, 0.15) is 0 Å². The quantitative estimate of drug-likeness (QED) is 0.831. The second kappa shape index (κ2) is 4.32. The predicted molar refractivity (Wildman–Crippen MR) is 56.4 cm³/mol. The summed E-state index contributed by atoms with van der Waals surface area (Å²) >= 11 is 0. The topological polar surface area (TPSA) is 55.1 Å². The van der Waals surface area contributed by atoms with Crippen molar-refractivity contribution in [3.8, 4) is 0 Å². The second-order valence-electron chi connectivity index (χ2n) is 3.39. The van der Waals surface area contributed by atoms with Gasteiger partial charge in [0.25, 0.3) is 0 Å². The minimum atomic E-state index is -1.06. The number of allylic oxidation sites excluding steroid dienone is 1. The van der Waals surface area contributed by atoms with Crippen molar-refractivity contribution in [1.29, 1.82) is 0 Å². The largest absolute Gasteiger partial charge is 0.478 e. The molecule has 0 aliphatic heterocycles. The molecule has 0 saturated heterocycles. The highest BCUT2D eigenvalue weighted by Gasteiger charge is 2.08. The van der Waals surface area contributed by atoms with Crippen molar-refractivity contribution in [2.45, 2.75) is 6.54 Å². The molecule has 17 heavy (non-hydrogen) atoms. The highest BCUT2D eigenvalue weighted by Crippen LogP contribution is 2.17. The van der Waals surface area contributed by atoms with Gasteiger partial charge in [-0.3, -0.25) is 0 Å². The molecule has 0 bridgehead atoms. The molecule has 0 aliphatic rings. The van der Waals surface area contributed by atoms with E-state index in [1.54, 1.807) is 0 Å². The molecular formula is C11H8F2N2O2. The molecule has 1 heterocycles. The van der Waals surface area contributed by atoms with E-state index in [1.807, 2.05) is 0 Å². The summed E-state index contributed by atoms with van der Waals surface area (Å²) in [6.07, 6.45) is 3.77. The van der Waals surface area contributed by atoms with Crippen molar-refractivity contribution < 1.29 is 18.7 Å². The number of carbonyl (C=O) groups is 1. The first kappa shape index (κ1) is 11.3. The number of halogens is 2. The van der Waals surface area contributed by atoms with Crippen molar-refractivity contribution in [1.82, 2.24) is 9.55 Å². The van der Waals surface area contributed by atoms with Crippen LogP contribution in [0, 0.1) is 11.6 Å². The minimum Gasteiger partial charge on any atom is -0.478 e. The number of aliphatic carboxylic acids is 1. The Morgan fingerprint density at radius 3 is 2.82 bits per heavy atom. The van der Waals surface area contributed by atoms with Crippen LogP contribution in [0.1, 0.15) is 0 Å². The highest BCUT2D eigenvalue weighted by molar-refractivity contribution is 5.79. The standard InChI is InChI=1S/C11H8F2N2O2/c12-7-4-9-10(5-8(7)13)15(6-14-9)3-1-2-11(16)17/h1-2,4-6H,3H2,(H,16,17). The van der Waals surface area contributed by atoms with Crippen LogP contribution < -0.4 is 0 Å². The fourth-order valence-electron chi connectivity index (χ4n) is 1.47. The van der Waals surface area contributed by atoms with E-state index in [2.05, 4.69) is 4.98 Å². The van der Waals surface area contributed by atoms with Gasteiger partial charge in [-0.2, -0.15) is 0 Å². The number of aromatic nitrogens is 2. The van der Waals surface area contributed by atoms with Gasteiger partial charge in [-0.1, -0.05) is 6.08 Å². The van der Waals surface area contributed by atoms with Crippen LogP contribution in [0.5, 0.6) is 0 Å². The molecular weight excluding hydrogens is 230 g/mol. The smallest absolute Gasteiger partial charge is 0.328 e. The summed E-state index contributed by atoms with van der Waals surface area (Å²) in [5.41, 5.74) is 0.742. The van der Waals surface area contributed by atoms with E-state index < -0.39 is 17.6 Å². The number of carboxylic acid groups (broad SMARTS) is 1. The van der Waals surface area contributed by atoms with Gasteiger partial charge in [0, 0.05) is 24.8 Å². The average molecular weight is 238 g/mol. The Labute approximate surface area is 94.8 Å². The third kappa shape index (κ3) is 2.30. The number of benzene rings is 1. The molecule has 0 aliphatic carbocycles. The number of fused-ring (bicyclic) bond motifs is 1. The van der Waals surface area contributed by atoms with Crippen molar-refractivity contribution in [3.05, 3.63) is 42.2 Å². The summed E-state index contributed by atoms with van der Waals surface area (Å²) in [6, 6.07) is 2.04. The maximum Gasteiger partial charge on any atom is 0.328 e. The SMILES string of the molecule is O=C(O)C=CCn1cnc2cc(F)c(F)cc21. The van der Waals surface area contributed by atoms with Gasteiger partial charge in [0.2, 0.25) is 0 Å². The zero-order valence-corrected chi connectivity index (χ0v) is 8.60. The zero-order chi connectivity index (χ0) is 12.4. The lowest BCUT2D eigenvalue weighted by atomic mass is 10.3.